The van der Waals surface area contributed by atoms with Gasteiger partial charge < -0.3 is 4.74 Å². The summed E-state index contributed by atoms with van der Waals surface area (Å²) in [5.41, 5.74) is 2.35. The number of benzene rings is 2. The minimum atomic E-state index is -0.334. The number of nitriles is 1. The molecule has 0 radical (unpaired) electrons. The van der Waals surface area contributed by atoms with Crippen LogP contribution >= 0.6 is 11.6 Å². The van der Waals surface area contributed by atoms with Gasteiger partial charge >= 0.3 is 0 Å². The molecule has 0 saturated carbocycles. The minimum Gasteiger partial charge on any atom is -0.487 e. The highest BCUT2D eigenvalue weighted by Gasteiger charge is 2.14. The van der Waals surface area contributed by atoms with Crippen molar-refractivity contribution in [3.63, 3.8) is 0 Å². The van der Waals surface area contributed by atoms with Gasteiger partial charge in [0.15, 0.2) is 5.15 Å². The van der Waals surface area contributed by atoms with Crippen LogP contribution in [-0.4, -0.2) is 4.98 Å². The third kappa shape index (κ3) is 3.53. The Labute approximate surface area is 143 Å². The maximum absolute atomic E-state index is 13.1. The quantitative estimate of drug-likeness (QED) is 0.629. The summed E-state index contributed by atoms with van der Waals surface area (Å²) >= 11 is 6.11. The van der Waals surface area contributed by atoms with E-state index in [9.17, 15) is 9.65 Å². The topological polar surface area (TPSA) is 45.9 Å². The highest BCUT2D eigenvalue weighted by atomic mass is 35.5. The van der Waals surface area contributed by atoms with Crippen molar-refractivity contribution in [1.82, 2.24) is 4.98 Å². The van der Waals surface area contributed by atoms with E-state index < -0.39 is 0 Å². The molecule has 2 aromatic carbocycles. The molecule has 5 heteroatoms. The number of hydrogen-bond acceptors (Lipinski definition) is 3. The van der Waals surface area contributed by atoms with Gasteiger partial charge in [-0.15, -0.1) is 0 Å². The van der Waals surface area contributed by atoms with Crippen molar-refractivity contribution in [2.45, 2.75) is 6.61 Å². The second-order valence-corrected chi connectivity index (χ2v) is 5.42. The molecular weight excluding hydrogens is 327 g/mol. The van der Waals surface area contributed by atoms with Crippen LogP contribution in [0, 0.1) is 17.1 Å². The van der Waals surface area contributed by atoms with Gasteiger partial charge in [0.25, 0.3) is 0 Å². The normalized spacial score (nSPS) is 10.2. The van der Waals surface area contributed by atoms with Crippen molar-refractivity contribution >= 4 is 11.6 Å². The van der Waals surface area contributed by atoms with Crippen LogP contribution in [0.15, 0.2) is 60.7 Å². The van der Waals surface area contributed by atoms with E-state index >= 15 is 0 Å². The Morgan fingerprint density at radius 1 is 1.08 bits per heavy atom. The molecule has 0 spiro atoms. The number of nitrogens with zero attached hydrogens (tertiary/aromatic N) is 2. The number of hydrogen-bond donors (Lipinski definition) is 0. The molecule has 0 N–H and O–H groups in total. The average Bonchev–Trinajstić information content (AvgIpc) is 2.61. The van der Waals surface area contributed by atoms with E-state index in [2.05, 4.69) is 4.98 Å². The van der Waals surface area contributed by atoms with Crippen molar-refractivity contribution in [2.75, 3.05) is 0 Å². The monoisotopic (exact) mass is 338 g/mol. The van der Waals surface area contributed by atoms with Crippen LogP contribution in [0.4, 0.5) is 4.39 Å². The Bertz CT molecular complexity index is 890. The summed E-state index contributed by atoms with van der Waals surface area (Å²) in [5, 5.41) is 9.35. The molecule has 3 aromatic rings. The van der Waals surface area contributed by atoms with E-state index in [1.807, 2.05) is 36.4 Å². The Morgan fingerprint density at radius 3 is 2.46 bits per heavy atom. The van der Waals surface area contributed by atoms with E-state index in [-0.39, 0.29) is 16.5 Å². The molecule has 24 heavy (non-hydrogen) atoms. The number of rotatable bonds is 4. The molecule has 3 nitrogen and oxygen atoms in total. The molecule has 118 valence electrons. The second kappa shape index (κ2) is 7.12. The number of aromatic nitrogens is 1. The molecule has 1 heterocycles. The Hall–Kier alpha value is -2.90. The number of ether oxygens (including phenoxy) is 1. The Kier molecular flexibility index (Phi) is 4.74. The van der Waals surface area contributed by atoms with Gasteiger partial charge in [-0.05, 0) is 29.8 Å². The first kappa shape index (κ1) is 16.0. The van der Waals surface area contributed by atoms with Crippen LogP contribution in [0.3, 0.4) is 0 Å². The van der Waals surface area contributed by atoms with Gasteiger partial charge in [-0.1, -0.05) is 41.9 Å². The van der Waals surface area contributed by atoms with Crippen LogP contribution in [0.2, 0.25) is 5.15 Å². The minimum absolute atomic E-state index is 0.0578. The molecule has 0 atom stereocenters. The summed E-state index contributed by atoms with van der Waals surface area (Å²) in [6.45, 7) is 0.304. The van der Waals surface area contributed by atoms with Crippen molar-refractivity contribution in [3.05, 3.63) is 82.8 Å². The van der Waals surface area contributed by atoms with E-state index in [1.165, 1.54) is 12.1 Å². The summed E-state index contributed by atoms with van der Waals surface area (Å²) in [6, 6.07) is 19.1. The summed E-state index contributed by atoms with van der Waals surface area (Å²) in [7, 11) is 0. The van der Waals surface area contributed by atoms with E-state index in [4.69, 9.17) is 16.3 Å². The van der Waals surface area contributed by atoms with Gasteiger partial charge in [0.1, 0.15) is 29.8 Å². The summed E-state index contributed by atoms with van der Waals surface area (Å²) < 4.78 is 18.8. The van der Waals surface area contributed by atoms with Gasteiger partial charge in [0.05, 0.1) is 5.69 Å². The maximum Gasteiger partial charge on any atom is 0.151 e. The average molecular weight is 339 g/mol. The number of pyridine rings is 1. The van der Waals surface area contributed by atoms with Gasteiger partial charge in [0, 0.05) is 11.6 Å². The molecule has 0 aliphatic heterocycles. The lowest BCUT2D eigenvalue weighted by molar-refractivity contribution is 0.305. The highest BCUT2D eigenvalue weighted by molar-refractivity contribution is 6.30. The SMILES string of the molecule is N#Cc1c(OCc2ccccc2)cc(-c2ccc(F)cc2)nc1Cl. The first-order valence-electron chi connectivity index (χ1n) is 7.20. The number of halogens is 2. The lowest BCUT2D eigenvalue weighted by Crippen LogP contribution is -1.99. The second-order valence-electron chi connectivity index (χ2n) is 5.06. The standard InChI is InChI=1S/C19H12ClFN2O/c20-19-16(11-22)18(24-12-13-4-2-1-3-5-13)10-17(23-19)14-6-8-15(21)9-7-14/h1-10H,12H2. The highest BCUT2D eigenvalue weighted by Crippen LogP contribution is 2.30. The van der Waals surface area contributed by atoms with E-state index in [0.717, 1.165) is 5.56 Å². The molecule has 0 fully saturated rings. The third-order valence-electron chi connectivity index (χ3n) is 3.43. The Morgan fingerprint density at radius 2 is 1.79 bits per heavy atom. The van der Waals surface area contributed by atoms with Crippen LogP contribution in [0.25, 0.3) is 11.3 Å². The predicted molar refractivity (Wildman–Crippen MR) is 90.1 cm³/mol. The summed E-state index contributed by atoms with van der Waals surface area (Å²) in [4.78, 5) is 4.20. The lowest BCUT2D eigenvalue weighted by Gasteiger charge is -2.11. The van der Waals surface area contributed by atoms with Crippen molar-refractivity contribution in [2.24, 2.45) is 0 Å². The van der Waals surface area contributed by atoms with Crippen molar-refractivity contribution in [1.29, 1.82) is 5.26 Å². The lowest BCUT2D eigenvalue weighted by atomic mass is 10.1. The molecular formula is C19H12ClFN2O. The smallest absolute Gasteiger partial charge is 0.151 e. The fourth-order valence-electron chi connectivity index (χ4n) is 2.21. The van der Waals surface area contributed by atoms with Crippen LogP contribution in [0.1, 0.15) is 11.1 Å². The summed E-state index contributed by atoms with van der Waals surface area (Å²) in [6.07, 6.45) is 0. The first-order valence-corrected chi connectivity index (χ1v) is 7.58. The fourth-order valence-corrected chi connectivity index (χ4v) is 2.44. The van der Waals surface area contributed by atoms with Gasteiger partial charge in [0.2, 0.25) is 0 Å². The zero-order chi connectivity index (χ0) is 16.9. The van der Waals surface area contributed by atoms with Crippen LogP contribution in [-0.2, 0) is 6.61 Å². The molecule has 0 aliphatic rings. The first-order chi connectivity index (χ1) is 11.7. The maximum atomic E-state index is 13.1. The molecule has 0 bridgehead atoms. The largest absolute Gasteiger partial charge is 0.487 e. The third-order valence-corrected chi connectivity index (χ3v) is 3.70. The zero-order valence-electron chi connectivity index (χ0n) is 12.5. The fraction of sp³-hybridized carbons (Fsp3) is 0.0526. The zero-order valence-corrected chi connectivity index (χ0v) is 13.3. The molecule has 0 unspecified atom stereocenters. The van der Waals surface area contributed by atoms with E-state index in [0.29, 0.717) is 23.6 Å². The van der Waals surface area contributed by atoms with Gasteiger partial charge in [-0.2, -0.15) is 5.26 Å². The van der Waals surface area contributed by atoms with E-state index in [1.54, 1.807) is 18.2 Å². The molecule has 0 amide bonds. The van der Waals surface area contributed by atoms with Crippen molar-refractivity contribution in [3.8, 4) is 23.1 Å². The van der Waals surface area contributed by atoms with Gasteiger partial charge in [-0.3, -0.25) is 0 Å². The van der Waals surface area contributed by atoms with Crippen LogP contribution < -0.4 is 4.74 Å². The molecule has 0 saturated heterocycles. The molecule has 3 rings (SSSR count). The van der Waals surface area contributed by atoms with Gasteiger partial charge in [-0.25, -0.2) is 9.37 Å². The van der Waals surface area contributed by atoms with Crippen molar-refractivity contribution < 1.29 is 9.13 Å². The van der Waals surface area contributed by atoms with Crippen LogP contribution in [0.5, 0.6) is 5.75 Å². The Balaban J connectivity index is 1.94. The predicted octanol–water partition coefficient (Wildman–Crippen LogP) is 4.99. The summed E-state index contributed by atoms with van der Waals surface area (Å²) in [5.74, 6) is 0.0136. The molecule has 0 aliphatic carbocycles. The molecule has 1 aromatic heterocycles.